The van der Waals surface area contributed by atoms with E-state index in [0.717, 1.165) is 6.42 Å². The molecular formula is C21H25NO4S. The number of hydrogen-bond acceptors (Lipinski definition) is 4. The smallest absolute Gasteiger partial charge is 0.220 e. The molecule has 0 aliphatic carbocycles. The van der Waals surface area contributed by atoms with E-state index in [0.29, 0.717) is 42.9 Å². The van der Waals surface area contributed by atoms with Crippen molar-refractivity contribution in [1.29, 1.82) is 0 Å². The molecule has 1 amide bonds. The van der Waals surface area contributed by atoms with Gasteiger partial charge in [0.1, 0.15) is 0 Å². The standard InChI is InChI=1S/C21H25NO4S/c23-21(11-6-14-26-15-12-17-7-2-1-3-8-17)22-19-13-16-27(24,25)20-10-5-4-9-18(19)20/h1-5,7-10,19H,6,11-16H2,(H,22,23). The monoisotopic (exact) mass is 387 g/mol. The van der Waals surface area contributed by atoms with E-state index >= 15 is 0 Å². The molecule has 0 radical (unpaired) electrons. The molecule has 0 saturated carbocycles. The number of nitrogens with one attached hydrogen (secondary N) is 1. The molecule has 6 heteroatoms. The first-order valence-corrected chi connectivity index (χ1v) is 10.9. The molecule has 1 atom stereocenters. The fraction of sp³-hybridized carbons (Fsp3) is 0.381. The second-order valence-electron chi connectivity index (χ2n) is 6.72. The van der Waals surface area contributed by atoms with Crippen LogP contribution < -0.4 is 5.32 Å². The lowest BCUT2D eigenvalue weighted by molar-refractivity contribution is -0.122. The predicted molar refractivity (Wildman–Crippen MR) is 104 cm³/mol. The quantitative estimate of drug-likeness (QED) is 0.707. The van der Waals surface area contributed by atoms with Crippen LogP contribution in [-0.2, 0) is 25.8 Å². The van der Waals surface area contributed by atoms with Gasteiger partial charge in [0.05, 0.1) is 23.3 Å². The third-order valence-electron chi connectivity index (χ3n) is 4.71. The zero-order valence-electron chi connectivity index (χ0n) is 15.3. The van der Waals surface area contributed by atoms with Gasteiger partial charge in [-0.2, -0.15) is 0 Å². The molecule has 3 rings (SSSR count). The fourth-order valence-electron chi connectivity index (χ4n) is 3.28. The maximum absolute atomic E-state index is 12.2. The molecule has 0 saturated heterocycles. The van der Waals surface area contributed by atoms with Crippen molar-refractivity contribution in [2.75, 3.05) is 19.0 Å². The molecule has 2 aromatic rings. The zero-order valence-corrected chi connectivity index (χ0v) is 16.1. The molecule has 1 unspecified atom stereocenters. The van der Waals surface area contributed by atoms with Crippen LogP contribution in [-0.4, -0.2) is 33.3 Å². The Balaban J connectivity index is 1.40. The number of carbonyl (C=O) groups is 1. The van der Waals surface area contributed by atoms with Gasteiger partial charge in [-0.05, 0) is 36.5 Å². The molecule has 144 valence electrons. The number of rotatable bonds is 8. The second kappa shape index (κ2) is 9.15. The van der Waals surface area contributed by atoms with Crippen molar-refractivity contribution in [3.05, 3.63) is 65.7 Å². The van der Waals surface area contributed by atoms with Gasteiger partial charge in [0.25, 0.3) is 0 Å². The van der Waals surface area contributed by atoms with Crippen molar-refractivity contribution in [3.63, 3.8) is 0 Å². The number of carbonyl (C=O) groups excluding carboxylic acids is 1. The van der Waals surface area contributed by atoms with Gasteiger partial charge in [0.2, 0.25) is 5.91 Å². The normalized spacial score (nSPS) is 17.9. The molecule has 1 N–H and O–H groups in total. The van der Waals surface area contributed by atoms with E-state index in [1.807, 2.05) is 18.2 Å². The predicted octanol–water partition coefficient (Wildman–Crippen LogP) is 3.06. The first-order chi connectivity index (χ1) is 13.1. The number of hydrogen-bond donors (Lipinski definition) is 1. The van der Waals surface area contributed by atoms with E-state index in [-0.39, 0.29) is 17.7 Å². The molecule has 2 aromatic carbocycles. The third-order valence-corrected chi connectivity index (χ3v) is 6.53. The average molecular weight is 388 g/mol. The van der Waals surface area contributed by atoms with E-state index in [1.165, 1.54) is 5.56 Å². The maximum atomic E-state index is 12.2. The molecule has 0 bridgehead atoms. The molecule has 1 heterocycles. The Morgan fingerprint density at radius 1 is 1.04 bits per heavy atom. The highest BCUT2D eigenvalue weighted by atomic mass is 32.2. The Hall–Kier alpha value is -2.18. The van der Waals surface area contributed by atoms with Crippen LogP contribution in [0.1, 0.15) is 36.4 Å². The van der Waals surface area contributed by atoms with Crippen LogP contribution in [0, 0.1) is 0 Å². The van der Waals surface area contributed by atoms with Crippen molar-refractivity contribution in [3.8, 4) is 0 Å². The summed E-state index contributed by atoms with van der Waals surface area (Å²) in [7, 11) is -3.23. The zero-order chi connectivity index (χ0) is 19.1. The van der Waals surface area contributed by atoms with Crippen molar-refractivity contribution >= 4 is 15.7 Å². The van der Waals surface area contributed by atoms with Crippen molar-refractivity contribution in [2.24, 2.45) is 0 Å². The summed E-state index contributed by atoms with van der Waals surface area (Å²) < 4.78 is 29.9. The lowest BCUT2D eigenvalue weighted by Gasteiger charge is -2.26. The van der Waals surface area contributed by atoms with Crippen molar-refractivity contribution < 1.29 is 17.9 Å². The molecule has 1 aliphatic rings. The van der Waals surface area contributed by atoms with Crippen LogP contribution in [0.15, 0.2) is 59.5 Å². The average Bonchev–Trinajstić information content (AvgIpc) is 2.68. The lowest BCUT2D eigenvalue weighted by Crippen LogP contribution is -2.33. The minimum absolute atomic E-state index is 0.0670. The summed E-state index contributed by atoms with van der Waals surface area (Å²) >= 11 is 0. The van der Waals surface area contributed by atoms with Crippen LogP contribution in [0.4, 0.5) is 0 Å². The first-order valence-electron chi connectivity index (χ1n) is 9.29. The van der Waals surface area contributed by atoms with Gasteiger partial charge >= 0.3 is 0 Å². The summed E-state index contributed by atoms with van der Waals surface area (Å²) in [5.74, 6) is -0.00172. The highest BCUT2D eigenvalue weighted by Crippen LogP contribution is 2.31. The summed E-state index contributed by atoms with van der Waals surface area (Å²) in [4.78, 5) is 12.6. The van der Waals surface area contributed by atoms with Gasteiger partial charge in [-0.3, -0.25) is 4.79 Å². The lowest BCUT2D eigenvalue weighted by atomic mass is 10.0. The van der Waals surface area contributed by atoms with Crippen LogP contribution >= 0.6 is 0 Å². The van der Waals surface area contributed by atoms with E-state index in [9.17, 15) is 13.2 Å². The summed E-state index contributed by atoms with van der Waals surface area (Å²) in [5.41, 5.74) is 1.93. The molecule has 0 fully saturated rings. The highest BCUT2D eigenvalue weighted by Gasteiger charge is 2.30. The summed E-state index contributed by atoms with van der Waals surface area (Å²) in [6.07, 6.45) is 2.29. The number of fused-ring (bicyclic) bond motifs is 1. The van der Waals surface area contributed by atoms with E-state index < -0.39 is 9.84 Å². The molecule has 0 aromatic heterocycles. The fourth-order valence-corrected chi connectivity index (χ4v) is 4.90. The van der Waals surface area contributed by atoms with E-state index in [1.54, 1.807) is 24.3 Å². The summed E-state index contributed by atoms with van der Waals surface area (Å²) in [6.45, 7) is 1.18. The van der Waals surface area contributed by atoms with Crippen LogP contribution in [0.2, 0.25) is 0 Å². The van der Waals surface area contributed by atoms with Gasteiger partial charge in [-0.1, -0.05) is 48.5 Å². The van der Waals surface area contributed by atoms with Gasteiger partial charge < -0.3 is 10.1 Å². The summed E-state index contributed by atoms with van der Waals surface area (Å²) in [6, 6.07) is 16.8. The Bertz CT molecular complexity index is 865. The molecule has 27 heavy (non-hydrogen) atoms. The molecule has 1 aliphatic heterocycles. The Kier molecular flexibility index (Phi) is 6.63. The minimum Gasteiger partial charge on any atom is -0.381 e. The van der Waals surface area contributed by atoms with E-state index in [4.69, 9.17) is 4.74 Å². The number of amides is 1. The molecule has 0 spiro atoms. The van der Waals surface area contributed by atoms with Gasteiger partial charge in [0, 0.05) is 13.0 Å². The van der Waals surface area contributed by atoms with Crippen molar-refractivity contribution in [2.45, 2.75) is 36.6 Å². The highest BCUT2D eigenvalue weighted by molar-refractivity contribution is 7.91. The van der Waals surface area contributed by atoms with Crippen LogP contribution in [0.25, 0.3) is 0 Å². The second-order valence-corrected chi connectivity index (χ2v) is 8.79. The SMILES string of the molecule is O=C(CCCOCCc1ccccc1)NC1CCS(=O)(=O)c2ccccc21. The Morgan fingerprint density at radius 3 is 2.59 bits per heavy atom. The number of sulfone groups is 1. The van der Waals surface area contributed by atoms with E-state index in [2.05, 4.69) is 17.4 Å². The van der Waals surface area contributed by atoms with Gasteiger partial charge in [-0.25, -0.2) is 8.42 Å². The van der Waals surface area contributed by atoms with Crippen molar-refractivity contribution in [1.82, 2.24) is 5.32 Å². The Morgan fingerprint density at radius 2 is 1.78 bits per heavy atom. The van der Waals surface area contributed by atoms with Crippen LogP contribution in [0.3, 0.4) is 0 Å². The minimum atomic E-state index is -3.23. The van der Waals surface area contributed by atoms with Gasteiger partial charge in [-0.15, -0.1) is 0 Å². The number of benzene rings is 2. The third kappa shape index (κ3) is 5.40. The first kappa shape index (κ1) is 19.6. The molecular weight excluding hydrogens is 362 g/mol. The topological polar surface area (TPSA) is 72.5 Å². The molecule has 5 nitrogen and oxygen atoms in total. The van der Waals surface area contributed by atoms with Gasteiger partial charge in [0.15, 0.2) is 9.84 Å². The number of ether oxygens (including phenoxy) is 1. The Labute approximate surface area is 160 Å². The summed E-state index contributed by atoms with van der Waals surface area (Å²) in [5, 5.41) is 2.97. The van der Waals surface area contributed by atoms with Crippen LogP contribution in [0.5, 0.6) is 0 Å². The largest absolute Gasteiger partial charge is 0.381 e. The maximum Gasteiger partial charge on any atom is 0.220 e.